The molecular weight excluding hydrogens is 360 g/mol. The van der Waals surface area contributed by atoms with Gasteiger partial charge in [0.1, 0.15) is 0 Å². The molecule has 1 saturated heterocycles. The molecule has 0 atom stereocenters. The third-order valence-corrected chi connectivity index (χ3v) is 4.23. The minimum absolute atomic E-state index is 0.324. The van der Waals surface area contributed by atoms with E-state index in [9.17, 15) is 9.59 Å². The second-order valence-electron chi connectivity index (χ2n) is 5.58. The minimum atomic E-state index is -0.373. The van der Waals surface area contributed by atoms with Gasteiger partial charge in [-0.25, -0.2) is 10.3 Å². The van der Waals surface area contributed by atoms with Crippen molar-refractivity contribution in [3.8, 4) is 0 Å². The van der Waals surface area contributed by atoms with Crippen LogP contribution in [-0.2, 0) is 18.7 Å². The van der Waals surface area contributed by atoms with Gasteiger partial charge >= 0.3 is 5.97 Å². The van der Waals surface area contributed by atoms with Gasteiger partial charge in [-0.1, -0.05) is 25.0 Å². The van der Waals surface area contributed by atoms with Crippen molar-refractivity contribution in [2.75, 3.05) is 13.7 Å². The first-order chi connectivity index (χ1) is 12.6. The molecule has 9 heteroatoms. The Morgan fingerprint density at radius 2 is 1.96 bits per heavy atom. The van der Waals surface area contributed by atoms with Crippen molar-refractivity contribution in [1.82, 2.24) is 10.7 Å². The number of rotatable bonds is 9. The van der Waals surface area contributed by atoms with Crippen LogP contribution in [0.15, 0.2) is 29.4 Å². The number of nitrogens with one attached hydrogen (secondary N) is 1. The van der Waals surface area contributed by atoms with E-state index in [4.69, 9.17) is 14.3 Å². The van der Waals surface area contributed by atoms with Crippen LogP contribution in [0, 0.1) is 0 Å². The second-order valence-corrected chi connectivity index (χ2v) is 6.30. The lowest BCUT2D eigenvalue weighted by molar-refractivity contribution is -0.259. The summed E-state index contributed by atoms with van der Waals surface area (Å²) >= 11 is 1.13. The Labute approximate surface area is 156 Å². The van der Waals surface area contributed by atoms with Gasteiger partial charge in [0, 0.05) is 6.42 Å². The minimum Gasteiger partial charge on any atom is -0.465 e. The molecule has 0 radical (unpaired) electrons. The van der Waals surface area contributed by atoms with Gasteiger partial charge in [-0.3, -0.25) is 10.0 Å². The third kappa shape index (κ3) is 6.68. The Morgan fingerprint density at radius 3 is 2.65 bits per heavy atom. The zero-order valence-electron chi connectivity index (χ0n) is 14.5. The molecule has 1 aromatic carbocycles. The highest BCUT2D eigenvalue weighted by molar-refractivity contribution is 7.98. The fourth-order valence-electron chi connectivity index (χ4n) is 2.25. The van der Waals surface area contributed by atoms with Crippen LogP contribution in [0.3, 0.4) is 0 Å². The van der Waals surface area contributed by atoms with Crippen LogP contribution in [0.2, 0.25) is 0 Å². The summed E-state index contributed by atoms with van der Waals surface area (Å²) in [5, 5.41) is 10.4. The number of nitrogens with zero attached hydrogens (tertiary/aromatic N) is 1. The molecule has 1 heterocycles. The number of esters is 1. The number of hydrogen-bond acceptors (Lipinski definition) is 8. The average Bonchev–Trinajstić information content (AvgIpc) is 3.11. The van der Waals surface area contributed by atoms with Crippen LogP contribution in [0.4, 0.5) is 0 Å². The number of unbranched alkanes of at least 4 members (excludes halogenated alkanes) is 3. The van der Waals surface area contributed by atoms with Gasteiger partial charge in [0.2, 0.25) is 11.0 Å². The summed E-state index contributed by atoms with van der Waals surface area (Å²) in [6.07, 6.45) is 5.56. The van der Waals surface area contributed by atoms with Crippen LogP contribution < -0.4 is 5.48 Å². The van der Waals surface area contributed by atoms with E-state index in [1.807, 2.05) is 6.08 Å². The molecule has 142 valence electrons. The Bertz CT molecular complexity index is 635. The van der Waals surface area contributed by atoms with E-state index < -0.39 is 0 Å². The van der Waals surface area contributed by atoms with Gasteiger partial charge in [-0.2, -0.15) is 4.28 Å². The monoisotopic (exact) mass is 382 g/mol. The third-order valence-electron chi connectivity index (χ3n) is 3.63. The maximum atomic E-state index is 11.4. The first-order valence-corrected chi connectivity index (χ1v) is 8.99. The van der Waals surface area contributed by atoms with Gasteiger partial charge in [0.05, 0.1) is 31.3 Å². The highest BCUT2D eigenvalue weighted by Gasteiger charge is 2.20. The Morgan fingerprint density at radius 1 is 1.23 bits per heavy atom. The van der Waals surface area contributed by atoms with E-state index in [1.54, 1.807) is 29.7 Å². The zero-order valence-corrected chi connectivity index (χ0v) is 15.3. The van der Waals surface area contributed by atoms with E-state index in [1.165, 1.54) is 12.3 Å². The lowest BCUT2D eigenvalue weighted by Crippen LogP contribution is -2.18. The number of amides is 1. The number of carbonyl (C=O) groups is 2. The van der Waals surface area contributed by atoms with Gasteiger partial charge in [0.25, 0.3) is 0 Å². The lowest BCUT2D eigenvalue weighted by Gasteiger charge is -2.10. The molecule has 1 fully saturated rings. The van der Waals surface area contributed by atoms with Crippen molar-refractivity contribution in [2.45, 2.75) is 32.1 Å². The van der Waals surface area contributed by atoms with Gasteiger partial charge in [-0.05, 0) is 41.8 Å². The summed E-state index contributed by atoms with van der Waals surface area (Å²) in [6, 6.07) is 6.98. The normalized spacial score (nSPS) is 15.7. The smallest absolute Gasteiger partial charge is 0.337 e. The maximum absolute atomic E-state index is 11.4. The molecule has 0 bridgehead atoms. The molecular formula is C17H22N2O6S. The molecule has 0 saturated carbocycles. The van der Waals surface area contributed by atoms with Gasteiger partial charge in [0.15, 0.2) is 0 Å². The van der Waals surface area contributed by atoms with Crippen molar-refractivity contribution in [3.63, 3.8) is 0 Å². The molecule has 0 aliphatic carbocycles. The Hall–Kier alpha value is -2.07. The lowest BCUT2D eigenvalue weighted by atomic mass is 10.1. The van der Waals surface area contributed by atoms with E-state index in [2.05, 4.69) is 4.74 Å². The molecule has 0 unspecified atom stereocenters. The molecule has 0 aromatic heterocycles. The molecule has 1 aliphatic heterocycles. The summed E-state index contributed by atoms with van der Waals surface area (Å²) in [7, 11) is 1.35. The van der Waals surface area contributed by atoms with Crippen LogP contribution in [-0.4, -0.2) is 36.0 Å². The fraction of sp³-hybridized carbons (Fsp3) is 0.412. The van der Waals surface area contributed by atoms with Crippen LogP contribution in [0.1, 0.15) is 48.0 Å². The number of benzene rings is 1. The molecule has 1 aliphatic rings. The number of hydrogen-bond donors (Lipinski definition) is 2. The van der Waals surface area contributed by atoms with Gasteiger partial charge < -0.3 is 9.57 Å². The number of carbonyl (C=O) groups excluding carboxylic acids is 2. The number of ether oxygens (including phenoxy) is 1. The molecule has 26 heavy (non-hydrogen) atoms. The van der Waals surface area contributed by atoms with E-state index in [0.717, 1.165) is 43.3 Å². The maximum Gasteiger partial charge on any atom is 0.337 e. The van der Waals surface area contributed by atoms with Crippen molar-refractivity contribution >= 4 is 30.0 Å². The quantitative estimate of drug-likeness (QED) is 0.221. The fourth-order valence-corrected chi connectivity index (χ4v) is 2.81. The topological polar surface area (TPSA) is 97.3 Å². The highest BCUT2D eigenvalue weighted by atomic mass is 32.2. The van der Waals surface area contributed by atoms with Crippen molar-refractivity contribution in [1.29, 1.82) is 0 Å². The Kier molecular flexibility index (Phi) is 8.42. The second kappa shape index (κ2) is 10.8. The first-order valence-electron chi connectivity index (χ1n) is 8.25. The molecule has 2 rings (SSSR count). The first kappa shape index (κ1) is 20.2. The SMILES string of the molecule is COC(=O)c1ccc(C=C2ON(CCCCCCC(=O)NO)OS2)cc1. The van der Waals surface area contributed by atoms with Crippen LogP contribution >= 0.6 is 12.0 Å². The molecule has 2 N–H and O–H groups in total. The van der Waals surface area contributed by atoms with Gasteiger partial charge in [-0.15, -0.1) is 0 Å². The molecule has 0 spiro atoms. The zero-order chi connectivity index (χ0) is 18.8. The van der Waals surface area contributed by atoms with Crippen molar-refractivity contribution < 1.29 is 28.7 Å². The largest absolute Gasteiger partial charge is 0.465 e. The van der Waals surface area contributed by atoms with Crippen molar-refractivity contribution in [3.05, 3.63) is 40.5 Å². The Balaban J connectivity index is 1.68. The highest BCUT2D eigenvalue weighted by Crippen LogP contribution is 2.31. The molecule has 8 nitrogen and oxygen atoms in total. The van der Waals surface area contributed by atoms with E-state index >= 15 is 0 Å². The summed E-state index contributed by atoms with van der Waals surface area (Å²) < 4.78 is 10.0. The van der Waals surface area contributed by atoms with E-state index in [0.29, 0.717) is 23.6 Å². The number of methoxy groups -OCH3 is 1. The van der Waals surface area contributed by atoms with Crippen molar-refractivity contribution in [2.24, 2.45) is 0 Å². The van der Waals surface area contributed by atoms with Crippen LogP contribution in [0.5, 0.6) is 0 Å². The summed E-state index contributed by atoms with van der Waals surface area (Å²) in [6.45, 7) is 0.609. The summed E-state index contributed by atoms with van der Waals surface area (Å²) in [4.78, 5) is 27.8. The predicted molar refractivity (Wildman–Crippen MR) is 95.2 cm³/mol. The number of hydroxylamine groups is 3. The summed E-state index contributed by atoms with van der Waals surface area (Å²) in [5.41, 5.74) is 2.99. The standard InChI is InChI=1S/C17H22N2O6S/c1-23-17(21)14-9-7-13(8-10-14)12-16-24-19(25-26-16)11-5-3-2-4-6-15(20)18-22/h7-10,12,22H,2-6,11H2,1H3,(H,18,20). The molecule has 1 amide bonds. The average molecular weight is 382 g/mol. The molecule has 1 aromatic rings. The van der Waals surface area contributed by atoms with Crippen LogP contribution in [0.25, 0.3) is 6.08 Å². The predicted octanol–water partition coefficient (Wildman–Crippen LogP) is 3.05. The van der Waals surface area contributed by atoms with E-state index in [-0.39, 0.29) is 11.9 Å². The summed E-state index contributed by atoms with van der Waals surface area (Å²) in [5.74, 6) is -0.732.